The second kappa shape index (κ2) is 6.45. The summed E-state index contributed by atoms with van der Waals surface area (Å²) in [6, 6.07) is 4.89. The number of methoxy groups -OCH3 is 1. The monoisotopic (exact) mass is 296 g/mol. The van der Waals surface area contributed by atoms with Gasteiger partial charge in [-0.05, 0) is 24.6 Å². The van der Waals surface area contributed by atoms with Crippen LogP contribution >= 0.6 is 0 Å². The van der Waals surface area contributed by atoms with Gasteiger partial charge in [0.15, 0.2) is 17.4 Å². The van der Waals surface area contributed by atoms with Gasteiger partial charge in [-0.3, -0.25) is 9.59 Å². The first-order chi connectivity index (χ1) is 10.1. The molecule has 0 saturated heterocycles. The van der Waals surface area contributed by atoms with Crippen molar-refractivity contribution in [3.63, 3.8) is 0 Å². The molecule has 0 aliphatic carbocycles. The molecule has 0 aromatic heterocycles. The SMILES string of the molecule is CCOC(=O)C(C(=O)O)C(OC)c1ccc2c(c1)OCO2. The average molecular weight is 296 g/mol. The maximum absolute atomic E-state index is 11.9. The number of hydrogen-bond acceptors (Lipinski definition) is 6. The van der Waals surface area contributed by atoms with Crippen LogP contribution in [0.5, 0.6) is 11.5 Å². The van der Waals surface area contributed by atoms with Crippen LogP contribution in [0.3, 0.4) is 0 Å². The summed E-state index contributed by atoms with van der Waals surface area (Å²) in [6.07, 6.45) is -0.976. The zero-order chi connectivity index (χ0) is 15.4. The van der Waals surface area contributed by atoms with Crippen LogP contribution in [-0.4, -0.2) is 37.6 Å². The molecule has 0 amide bonds. The van der Waals surface area contributed by atoms with Gasteiger partial charge in [-0.2, -0.15) is 0 Å². The van der Waals surface area contributed by atoms with E-state index in [4.69, 9.17) is 18.9 Å². The van der Waals surface area contributed by atoms with Crippen molar-refractivity contribution in [1.29, 1.82) is 0 Å². The van der Waals surface area contributed by atoms with Crippen molar-refractivity contribution in [2.45, 2.75) is 13.0 Å². The molecule has 2 atom stereocenters. The fourth-order valence-corrected chi connectivity index (χ4v) is 2.14. The quantitative estimate of drug-likeness (QED) is 0.626. The number of rotatable bonds is 6. The Kier molecular flexibility index (Phi) is 4.64. The van der Waals surface area contributed by atoms with Crippen LogP contribution in [0.2, 0.25) is 0 Å². The maximum atomic E-state index is 11.9. The van der Waals surface area contributed by atoms with Crippen molar-refractivity contribution < 1.29 is 33.6 Å². The molecule has 21 heavy (non-hydrogen) atoms. The first-order valence-electron chi connectivity index (χ1n) is 6.40. The third-order valence-electron chi connectivity index (χ3n) is 3.09. The number of esters is 1. The molecule has 1 aromatic rings. The summed E-state index contributed by atoms with van der Waals surface area (Å²) >= 11 is 0. The number of carboxylic acids is 1. The summed E-state index contributed by atoms with van der Waals surface area (Å²) in [7, 11) is 1.34. The molecule has 7 nitrogen and oxygen atoms in total. The van der Waals surface area contributed by atoms with Crippen molar-refractivity contribution in [2.75, 3.05) is 20.5 Å². The Labute approximate surface area is 121 Å². The predicted molar refractivity (Wildman–Crippen MR) is 70.1 cm³/mol. The fourth-order valence-electron chi connectivity index (χ4n) is 2.14. The summed E-state index contributed by atoms with van der Waals surface area (Å²) in [5.41, 5.74) is 0.502. The molecule has 1 aromatic carbocycles. The Bertz CT molecular complexity index is 540. The summed E-state index contributed by atoms with van der Waals surface area (Å²) in [4.78, 5) is 23.2. The molecular formula is C14H16O7. The molecule has 0 fully saturated rings. The Morgan fingerprint density at radius 2 is 2.05 bits per heavy atom. The largest absolute Gasteiger partial charge is 0.481 e. The number of aliphatic carboxylic acids is 1. The van der Waals surface area contributed by atoms with E-state index in [1.807, 2.05) is 0 Å². The molecule has 1 aliphatic heterocycles. The van der Waals surface area contributed by atoms with Gasteiger partial charge in [0.05, 0.1) is 6.61 Å². The lowest BCUT2D eigenvalue weighted by molar-refractivity contribution is -0.165. The molecule has 2 unspecified atom stereocenters. The summed E-state index contributed by atoms with van der Waals surface area (Å²) in [6.45, 7) is 1.82. The molecular weight excluding hydrogens is 280 g/mol. The minimum absolute atomic E-state index is 0.0974. The van der Waals surface area contributed by atoms with Crippen LogP contribution in [0, 0.1) is 5.92 Å². The number of carbonyl (C=O) groups is 2. The van der Waals surface area contributed by atoms with E-state index in [0.29, 0.717) is 17.1 Å². The van der Waals surface area contributed by atoms with Crippen molar-refractivity contribution in [3.8, 4) is 11.5 Å². The molecule has 7 heteroatoms. The van der Waals surface area contributed by atoms with Crippen molar-refractivity contribution in [2.24, 2.45) is 5.92 Å². The second-order valence-electron chi connectivity index (χ2n) is 4.34. The third-order valence-corrected chi connectivity index (χ3v) is 3.09. The van der Waals surface area contributed by atoms with Gasteiger partial charge >= 0.3 is 11.9 Å². The molecule has 0 spiro atoms. The molecule has 1 N–H and O–H groups in total. The topological polar surface area (TPSA) is 91.3 Å². The van der Waals surface area contributed by atoms with E-state index in [9.17, 15) is 14.7 Å². The lowest BCUT2D eigenvalue weighted by atomic mass is 9.95. The molecule has 0 saturated carbocycles. The van der Waals surface area contributed by atoms with Crippen LogP contribution in [0.25, 0.3) is 0 Å². The number of ether oxygens (including phenoxy) is 4. The zero-order valence-electron chi connectivity index (χ0n) is 11.7. The van der Waals surface area contributed by atoms with E-state index in [2.05, 4.69) is 0 Å². The normalized spacial score (nSPS) is 15.3. The Morgan fingerprint density at radius 1 is 1.33 bits per heavy atom. The van der Waals surface area contributed by atoms with Crippen LogP contribution in [0.4, 0.5) is 0 Å². The van der Waals surface area contributed by atoms with Crippen molar-refractivity contribution >= 4 is 11.9 Å². The Morgan fingerprint density at radius 3 is 2.67 bits per heavy atom. The van der Waals surface area contributed by atoms with Gasteiger partial charge in [-0.1, -0.05) is 6.07 Å². The van der Waals surface area contributed by atoms with E-state index in [0.717, 1.165) is 0 Å². The van der Waals surface area contributed by atoms with Gasteiger partial charge in [0, 0.05) is 7.11 Å². The summed E-state index contributed by atoms with van der Waals surface area (Å²) < 4.78 is 20.4. The van der Waals surface area contributed by atoms with Crippen molar-refractivity contribution in [1.82, 2.24) is 0 Å². The standard InChI is InChI=1S/C14H16O7/c1-3-19-14(17)11(13(15)16)12(18-2)8-4-5-9-10(6-8)21-7-20-9/h4-6,11-12H,3,7H2,1-2H3,(H,15,16). The maximum Gasteiger partial charge on any atom is 0.323 e. The van der Waals surface area contributed by atoms with E-state index < -0.39 is 24.0 Å². The minimum Gasteiger partial charge on any atom is -0.481 e. The van der Waals surface area contributed by atoms with Gasteiger partial charge in [-0.15, -0.1) is 0 Å². The molecule has 114 valence electrons. The van der Waals surface area contributed by atoms with E-state index in [1.54, 1.807) is 25.1 Å². The van der Waals surface area contributed by atoms with Gasteiger partial charge in [-0.25, -0.2) is 0 Å². The summed E-state index contributed by atoms with van der Waals surface area (Å²) in [5.74, 6) is -2.54. The number of carbonyl (C=O) groups excluding carboxylic acids is 1. The van der Waals surface area contributed by atoms with E-state index in [-0.39, 0.29) is 13.4 Å². The number of carboxylic acid groups (broad SMARTS) is 1. The van der Waals surface area contributed by atoms with Gasteiger partial charge in [0.2, 0.25) is 6.79 Å². The van der Waals surface area contributed by atoms with Crippen LogP contribution in [0.15, 0.2) is 18.2 Å². The Hall–Kier alpha value is -2.28. The van der Waals surface area contributed by atoms with E-state index in [1.165, 1.54) is 7.11 Å². The fraction of sp³-hybridized carbons (Fsp3) is 0.429. The smallest absolute Gasteiger partial charge is 0.323 e. The number of fused-ring (bicyclic) bond motifs is 1. The molecule has 0 radical (unpaired) electrons. The highest BCUT2D eigenvalue weighted by Gasteiger charge is 2.38. The average Bonchev–Trinajstić information content (AvgIpc) is 2.91. The number of hydrogen-bond donors (Lipinski definition) is 1. The predicted octanol–water partition coefficient (Wildman–Crippen LogP) is 1.37. The van der Waals surface area contributed by atoms with Crippen LogP contribution < -0.4 is 9.47 Å². The molecule has 1 heterocycles. The Balaban J connectivity index is 2.32. The number of benzene rings is 1. The summed E-state index contributed by atoms with van der Waals surface area (Å²) in [5, 5.41) is 9.29. The first kappa shape index (κ1) is 15.1. The van der Waals surface area contributed by atoms with Gasteiger partial charge < -0.3 is 24.1 Å². The highest BCUT2D eigenvalue weighted by Crippen LogP contribution is 2.37. The van der Waals surface area contributed by atoms with Crippen LogP contribution in [0.1, 0.15) is 18.6 Å². The van der Waals surface area contributed by atoms with E-state index >= 15 is 0 Å². The molecule has 2 rings (SSSR count). The molecule has 0 bridgehead atoms. The lowest BCUT2D eigenvalue weighted by Crippen LogP contribution is -2.32. The van der Waals surface area contributed by atoms with Crippen molar-refractivity contribution in [3.05, 3.63) is 23.8 Å². The molecule has 1 aliphatic rings. The lowest BCUT2D eigenvalue weighted by Gasteiger charge is -2.21. The van der Waals surface area contributed by atoms with Crippen LogP contribution in [-0.2, 0) is 19.1 Å². The highest BCUT2D eigenvalue weighted by molar-refractivity contribution is 5.94. The highest BCUT2D eigenvalue weighted by atomic mass is 16.7. The van der Waals surface area contributed by atoms with Gasteiger partial charge in [0.25, 0.3) is 0 Å². The zero-order valence-corrected chi connectivity index (χ0v) is 11.7. The third kappa shape index (κ3) is 3.08. The minimum atomic E-state index is -1.45. The first-order valence-corrected chi connectivity index (χ1v) is 6.40. The second-order valence-corrected chi connectivity index (χ2v) is 4.34. The van der Waals surface area contributed by atoms with Gasteiger partial charge in [0.1, 0.15) is 6.10 Å².